The molecular formula is C21H25N3O5. The molecule has 2 aliphatic rings. The zero-order valence-corrected chi connectivity index (χ0v) is 16.9. The number of carbonyl (C=O) groups is 1. The van der Waals surface area contributed by atoms with E-state index in [1.165, 1.54) is 30.3 Å². The zero-order valence-electron chi connectivity index (χ0n) is 16.9. The lowest BCUT2D eigenvalue weighted by Crippen LogP contribution is -2.50. The maximum absolute atomic E-state index is 13.0. The molecule has 0 atom stereocenters. The summed E-state index contributed by atoms with van der Waals surface area (Å²) in [5.41, 5.74) is 0.945. The van der Waals surface area contributed by atoms with E-state index in [2.05, 4.69) is 6.07 Å². The van der Waals surface area contributed by atoms with E-state index < -0.39 is 16.9 Å². The monoisotopic (exact) mass is 399 g/mol. The predicted octanol–water partition coefficient (Wildman–Crippen LogP) is 0.797. The zero-order chi connectivity index (χ0) is 20.8. The molecule has 2 aromatic rings. The average molecular weight is 399 g/mol. The maximum Gasteiger partial charge on any atom is 0.331 e. The molecule has 1 aromatic carbocycles. The first-order chi connectivity index (χ1) is 13.9. The van der Waals surface area contributed by atoms with Gasteiger partial charge in [-0.1, -0.05) is 12.1 Å². The summed E-state index contributed by atoms with van der Waals surface area (Å²) in [6, 6.07) is 7.27. The summed E-state index contributed by atoms with van der Waals surface area (Å²) >= 11 is 0. The quantitative estimate of drug-likeness (QED) is 0.746. The van der Waals surface area contributed by atoms with Gasteiger partial charge in [-0.2, -0.15) is 0 Å². The Morgan fingerprint density at radius 2 is 1.86 bits per heavy atom. The number of methoxy groups -OCH3 is 1. The molecule has 29 heavy (non-hydrogen) atoms. The van der Waals surface area contributed by atoms with E-state index in [4.69, 9.17) is 9.47 Å². The molecule has 1 aromatic heterocycles. The Labute approximate surface area is 168 Å². The third-order valence-electron chi connectivity index (χ3n) is 6.14. The highest BCUT2D eigenvalue weighted by Gasteiger charge is 2.44. The number of hydrogen-bond acceptors (Lipinski definition) is 5. The molecule has 0 radical (unpaired) electrons. The van der Waals surface area contributed by atoms with Crippen molar-refractivity contribution in [1.29, 1.82) is 0 Å². The number of hydrogen-bond donors (Lipinski definition) is 0. The highest BCUT2D eigenvalue weighted by atomic mass is 16.5. The van der Waals surface area contributed by atoms with E-state index >= 15 is 0 Å². The largest absolute Gasteiger partial charge is 0.496 e. The average Bonchev–Trinajstić information content (AvgIpc) is 2.74. The van der Waals surface area contributed by atoms with Crippen molar-refractivity contribution < 1.29 is 14.3 Å². The third-order valence-corrected chi connectivity index (χ3v) is 6.14. The van der Waals surface area contributed by atoms with E-state index in [0.717, 1.165) is 22.3 Å². The topological polar surface area (TPSA) is 82.8 Å². The van der Waals surface area contributed by atoms with E-state index in [1.807, 2.05) is 12.1 Å². The Kier molecular flexibility index (Phi) is 4.82. The van der Waals surface area contributed by atoms with Gasteiger partial charge in [0.1, 0.15) is 17.0 Å². The minimum atomic E-state index is -0.511. The van der Waals surface area contributed by atoms with E-state index in [0.29, 0.717) is 32.5 Å². The van der Waals surface area contributed by atoms with Crippen LogP contribution in [0, 0.1) is 0 Å². The highest BCUT2D eigenvalue weighted by Crippen LogP contribution is 2.45. The van der Waals surface area contributed by atoms with Crippen molar-refractivity contribution in [3.8, 4) is 5.75 Å². The molecule has 4 rings (SSSR count). The van der Waals surface area contributed by atoms with Crippen LogP contribution in [-0.4, -0.2) is 46.7 Å². The van der Waals surface area contributed by atoms with E-state index in [-0.39, 0.29) is 11.6 Å². The van der Waals surface area contributed by atoms with Gasteiger partial charge in [0.05, 0.1) is 13.7 Å². The van der Waals surface area contributed by atoms with Gasteiger partial charge in [-0.05, 0) is 30.9 Å². The summed E-state index contributed by atoms with van der Waals surface area (Å²) < 4.78 is 14.1. The van der Waals surface area contributed by atoms with Crippen LogP contribution in [0.1, 0.15) is 34.5 Å². The van der Waals surface area contributed by atoms with Crippen LogP contribution in [0.25, 0.3) is 0 Å². The number of nitrogens with zero attached hydrogens (tertiary/aromatic N) is 3. The molecule has 0 aliphatic carbocycles. The minimum Gasteiger partial charge on any atom is -0.496 e. The normalized spacial score (nSPS) is 17.8. The Balaban J connectivity index is 1.61. The van der Waals surface area contributed by atoms with Crippen LogP contribution in [0.4, 0.5) is 0 Å². The molecule has 1 saturated heterocycles. The molecule has 0 N–H and O–H groups in total. The first kappa shape index (κ1) is 19.4. The third kappa shape index (κ3) is 3.07. The summed E-state index contributed by atoms with van der Waals surface area (Å²) in [4.78, 5) is 38.9. The van der Waals surface area contributed by atoms with Gasteiger partial charge in [-0.3, -0.25) is 18.7 Å². The number of ether oxygens (including phenoxy) is 2. The van der Waals surface area contributed by atoms with Crippen molar-refractivity contribution in [2.45, 2.75) is 24.9 Å². The molecule has 0 bridgehead atoms. The van der Waals surface area contributed by atoms with Gasteiger partial charge in [0.15, 0.2) is 0 Å². The van der Waals surface area contributed by atoms with Crippen LogP contribution in [-0.2, 0) is 30.9 Å². The fraction of sp³-hybridized carbons (Fsp3) is 0.476. The molecule has 0 unspecified atom stereocenters. The van der Waals surface area contributed by atoms with Gasteiger partial charge in [0.2, 0.25) is 0 Å². The molecule has 1 spiro atoms. The Hall–Kier alpha value is -2.87. The van der Waals surface area contributed by atoms with Crippen LogP contribution in [0.15, 0.2) is 33.9 Å². The number of carbonyl (C=O) groups excluding carboxylic acids is 1. The Morgan fingerprint density at radius 1 is 1.14 bits per heavy atom. The van der Waals surface area contributed by atoms with Crippen molar-refractivity contribution in [2.24, 2.45) is 14.1 Å². The van der Waals surface area contributed by atoms with Crippen LogP contribution < -0.4 is 16.0 Å². The van der Waals surface area contributed by atoms with Crippen LogP contribution >= 0.6 is 0 Å². The lowest BCUT2D eigenvalue weighted by atomic mass is 9.78. The Bertz CT molecular complexity index is 1060. The van der Waals surface area contributed by atoms with Crippen molar-refractivity contribution in [3.63, 3.8) is 0 Å². The fourth-order valence-electron chi connectivity index (χ4n) is 4.47. The maximum atomic E-state index is 13.0. The Morgan fingerprint density at radius 3 is 2.55 bits per heavy atom. The smallest absolute Gasteiger partial charge is 0.331 e. The summed E-state index contributed by atoms with van der Waals surface area (Å²) in [6.07, 6.45) is 2.10. The van der Waals surface area contributed by atoms with Crippen molar-refractivity contribution in [3.05, 3.63) is 61.9 Å². The first-order valence-corrected chi connectivity index (χ1v) is 9.74. The molecule has 3 heterocycles. The number of amides is 1. The summed E-state index contributed by atoms with van der Waals surface area (Å²) in [5, 5.41) is 0. The van der Waals surface area contributed by atoms with Gasteiger partial charge in [0, 0.05) is 38.8 Å². The molecule has 1 amide bonds. The van der Waals surface area contributed by atoms with E-state index in [1.54, 1.807) is 12.0 Å². The predicted molar refractivity (Wildman–Crippen MR) is 106 cm³/mol. The minimum absolute atomic E-state index is 0.108. The number of rotatable bonds is 2. The van der Waals surface area contributed by atoms with Gasteiger partial charge in [0.25, 0.3) is 11.5 Å². The summed E-state index contributed by atoms with van der Waals surface area (Å²) in [6.45, 7) is 1.58. The number of aromatic nitrogens is 2. The highest BCUT2D eigenvalue weighted by molar-refractivity contribution is 5.92. The molecule has 8 heteroatoms. The van der Waals surface area contributed by atoms with Crippen molar-refractivity contribution in [2.75, 3.05) is 26.8 Å². The molecule has 1 fully saturated rings. The molecule has 0 saturated carbocycles. The summed E-state index contributed by atoms with van der Waals surface area (Å²) in [7, 11) is 4.56. The second kappa shape index (κ2) is 7.18. The van der Waals surface area contributed by atoms with Crippen LogP contribution in [0.5, 0.6) is 5.75 Å². The van der Waals surface area contributed by atoms with Gasteiger partial charge in [-0.25, -0.2) is 4.79 Å². The molecule has 8 nitrogen and oxygen atoms in total. The second-order valence-corrected chi connectivity index (χ2v) is 7.65. The van der Waals surface area contributed by atoms with Crippen LogP contribution in [0.3, 0.4) is 0 Å². The standard InChI is InChI=1S/C21H25N3O5/c1-22-15(13-17(25)23(2)20(22)27)19(26)24-10-8-21(9-11-24)18-14(7-12-29-21)5-4-6-16(18)28-3/h4-6,13H,7-12H2,1-3H3. The molecule has 154 valence electrons. The van der Waals surface area contributed by atoms with Gasteiger partial charge in [-0.15, -0.1) is 0 Å². The lowest BCUT2D eigenvalue weighted by Gasteiger charge is -2.45. The van der Waals surface area contributed by atoms with Crippen LogP contribution in [0.2, 0.25) is 0 Å². The number of fused-ring (bicyclic) bond motifs is 2. The SMILES string of the molecule is COc1cccc2c1C1(CCN(C(=O)c3cc(=O)n(C)c(=O)n3C)CC1)OCC2. The number of piperidine rings is 1. The lowest BCUT2D eigenvalue weighted by molar-refractivity contribution is -0.0947. The fourth-order valence-corrected chi connectivity index (χ4v) is 4.47. The first-order valence-electron chi connectivity index (χ1n) is 9.74. The molecule has 2 aliphatic heterocycles. The molecular weight excluding hydrogens is 374 g/mol. The van der Waals surface area contributed by atoms with E-state index in [9.17, 15) is 14.4 Å². The van der Waals surface area contributed by atoms with Crippen molar-refractivity contribution in [1.82, 2.24) is 14.0 Å². The summed E-state index contributed by atoms with van der Waals surface area (Å²) in [5.74, 6) is 0.504. The van der Waals surface area contributed by atoms with Gasteiger partial charge < -0.3 is 14.4 Å². The van der Waals surface area contributed by atoms with Gasteiger partial charge >= 0.3 is 5.69 Å². The number of benzene rings is 1. The van der Waals surface area contributed by atoms with Crippen molar-refractivity contribution >= 4 is 5.91 Å². The number of likely N-dealkylation sites (tertiary alicyclic amines) is 1. The second-order valence-electron chi connectivity index (χ2n) is 7.65.